The average molecular weight is 114 g/mol. The van der Waals surface area contributed by atoms with E-state index in [0.717, 1.165) is 17.1 Å². The van der Waals surface area contributed by atoms with E-state index in [4.69, 9.17) is 0 Å². The third-order valence-corrected chi connectivity index (χ3v) is 0.732. The van der Waals surface area contributed by atoms with E-state index >= 15 is 0 Å². The Morgan fingerprint density at radius 3 is 2.88 bits per heavy atom. The second-order valence-corrected chi connectivity index (χ2v) is 1.23. The fourth-order valence-electron chi connectivity index (χ4n) is 0.366. The molecule has 0 aliphatic rings. The summed E-state index contributed by atoms with van der Waals surface area (Å²) in [5.74, 6) is -0.639. The summed E-state index contributed by atoms with van der Waals surface area (Å²) >= 11 is 0. The maximum atomic E-state index is 12.0. The Kier molecular flexibility index (Phi) is 1.07. The summed E-state index contributed by atoms with van der Waals surface area (Å²) in [4.78, 5) is 13.1. The summed E-state index contributed by atoms with van der Waals surface area (Å²) in [6.07, 6.45) is 2.42. The molecule has 0 atom stereocenters. The van der Waals surface area contributed by atoms with Gasteiger partial charge in [-0.3, -0.25) is 4.79 Å². The lowest BCUT2D eigenvalue weighted by Crippen LogP contribution is -1.93. The number of hydrogen-bond acceptors (Lipinski definition) is 2. The molecule has 3 nitrogen and oxygen atoms in total. The van der Waals surface area contributed by atoms with Crippen molar-refractivity contribution in [2.45, 2.75) is 0 Å². The van der Waals surface area contributed by atoms with Gasteiger partial charge in [0.1, 0.15) is 6.33 Å². The first kappa shape index (κ1) is 4.96. The van der Waals surface area contributed by atoms with Crippen LogP contribution in [0.15, 0.2) is 12.5 Å². The first-order valence-electron chi connectivity index (χ1n) is 1.97. The van der Waals surface area contributed by atoms with Gasteiger partial charge in [-0.25, -0.2) is 9.55 Å². The van der Waals surface area contributed by atoms with E-state index in [1.807, 2.05) is 0 Å². The van der Waals surface area contributed by atoms with Crippen LogP contribution < -0.4 is 0 Å². The van der Waals surface area contributed by atoms with Crippen molar-refractivity contribution in [3.63, 3.8) is 0 Å². The molecule has 0 amide bonds. The number of imidazole rings is 1. The number of aromatic nitrogens is 2. The highest BCUT2D eigenvalue weighted by Gasteiger charge is 1.93. The van der Waals surface area contributed by atoms with Crippen LogP contribution >= 0.6 is 0 Å². The van der Waals surface area contributed by atoms with Crippen LogP contribution in [0.2, 0.25) is 0 Å². The minimum absolute atomic E-state index is 0.350. The topological polar surface area (TPSA) is 34.9 Å². The van der Waals surface area contributed by atoms with Crippen molar-refractivity contribution >= 4 is 6.41 Å². The van der Waals surface area contributed by atoms with Gasteiger partial charge in [0.2, 0.25) is 12.4 Å². The van der Waals surface area contributed by atoms with Gasteiger partial charge in [-0.05, 0) is 0 Å². The van der Waals surface area contributed by atoms with E-state index in [1.54, 1.807) is 0 Å². The minimum atomic E-state index is -0.639. The number of carbonyl (C=O) groups is 1. The highest BCUT2D eigenvalue weighted by atomic mass is 19.1. The largest absolute Gasteiger partial charge is 0.278 e. The Hall–Kier alpha value is -1.19. The molecule has 1 heterocycles. The van der Waals surface area contributed by atoms with Crippen molar-refractivity contribution in [2.75, 3.05) is 0 Å². The van der Waals surface area contributed by atoms with E-state index < -0.39 is 5.95 Å². The van der Waals surface area contributed by atoms with Crippen LogP contribution in [0.4, 0.5) is 4.39 Å². The van der Waals surface area contributed by atoms with Crippen LogP contribution in [0.5, 0.6) is 0 Å². The van der Waals surface area contributed by atoms with Crippen LogP contribution in [0.1, 0.15) is 0 Å². The quantitative estimate of drug-likeness (QED) is 0.484. The van der Waals surface area contributed by atoms with Crippen LogP contribution in [-0.4, -0.2) is 16.0 Å². The molecule has 0 aromatic carbocycles. The second-order valence-electron chi connectivity index (χ2n) is 1.23. The van der Waals surface area contributed by atoms with E-state index in [-0.39, 0.29) is 0 Å². The fraction of sp³-hybridized carbons (Fsp3) is 0. The molecular weight excluding hydrogens is 111 g/mol. The van der Waals surface area contributed by atoms with Gasteiger partial charge in [-0.1, -0.05) is 0 Å². The number of carbonyl (C=O) groups excluding carboxylic acids is 1. The molecule has 4 heteroatoms. The van der Waals surface area contributed by atoms with E-state index in [2.05, 4.69) is 4.98 Å². The Morgan fingerprint density at radius 1 is 1.88 bits per heavy atom. The zero-order valence-electron chi connectivity index (χ0n) is 3.91. The van der Waals surface area contributed by atoms with Crippen molar-refractivity contribution in [3.05, 3.63) is 18.5 Å². The third kappa shape index (κ3) is 0.598. The molecule has 0 fully saturated rings. The summed E-state index contributed by atoms with van der Waals surface area (Å²) in [5, 5.41) is 0. The SMILES string of the molecule is O=Cn1cncc1F. The van der Waals surface area contributed by atoms with E-state index in [1.165, 1.54) is 0 Å². The molecule has 0 N–H and O–H groups in total. The van der Waals surface area contributed by atoms with Gasteiger partial charge in [0, 0.05) is 0 Å². The summed E-state index contributed by atoms with van der Waals surface area (Å²) in [6, 6.07) is 0. The molecule has 1 rings (SSSR count). The number of halogens is 1. The number of rotatable bonds is 1. The summed E-state index contributed by atoms with van der Waals surface area (Å²) in [6.45, 7) is 0. The van der Waals surface area contributed by atoms with Crippen molar-refractivity contribution in [3.8, 4) is 0 Å². The van der Waals surface area contributed by atoms with Crippen molar-refractivity contribution in [2.24, 2.45) is 0 Å². The molecule has 1 aromatic rings. The molecule has 0 spiro atoms. The standard InChI is InChI=1S/C4H3FN2O/c5-4-1-6-2-7(4)3-8/h1-3H. The van der Waals surface area contributed by atoms with Gasteiger partial charge < -0.3 is 0 Å². The van der Waals surface area contributed by atoms with Gasteiger partial charge >= 0.3 is 0 Å². The van der Waals surface area contributed by atoms with Crippen LogP contribution in [-0.2, 0) is 4.79 Å². The Labute approximate surface area is 44.8 Å². The molecule has 42 valence electrons. The van der Waals surface area contributed by atoms with Gasteiger partial charge in [-0.2, -0.15) is 4.39 Å². The molecular formula is C4H3FN2O. The zero-order valence-corrected chi connectivity index (χ0v) is 3.91. The molecule has 0 unspecified atom stereocenters. The smallest absolute Gasteiger partial charge is 0.221 e. The van der Waals surface area contributed by atoms with Gasteiger partial charge in [0.15, 0.2) is 0 Å². The van der Waals surface area contributed by atoms with Gasteiger partial charge in [0.25, 0.3) is 0 Å². The molecule has 0 radical (unpaired) electrons. The van der Waals surface area contributed by atoms with E-state index in [0.29, 0.717) is 6.41 Å². The number of nitrogens with zero attached hydrogens (tertiary/aromatic N) is 2. The monoisotopic (exact) mass is 114 g/mol. The predicted molar refractivity (Wildman–Crippen MR) is 24.3 cm³/mol. The highest BCUT2D eigenvalue weighted by Crippen LogP contribution is 1.89. The molecule has 1 aromatic heterocycles. The summed E-state index contributed by atoms with van der Waals surface area (Å²) in [5.41, 5.74) is 0. The Bertz CT molecular complexity index is 196. The highest BCUT2D eigenvalue weighted by molar-refractivity contribution is 5.51. The van der Waals surface area contributed by atoms with E-state index in [9.17, 15) is 9.18 Å². The lowest BCUT2D eigenvalue weighted by atomic mass is 10.9. The van der Waals surface area contributed by atoms with Crippen molar-refractivity contribution < 1.29 is 9.18 Å². The maximum Gasteiger partial charge on any atom is 0.221 e. The Morgan fingerprint density at radius 2 is 2.62 bits per heavy atom. The summed E-state index contributed by atoms with van der Waals surface area (Å²) in [7, 11) is 0. The first-order valence-corrected chi connectivity index (χ1v) is 1.97. The van der Waals surface area contributed by atoms with Crippen LogP contribution in [0.25, 0.3) is 0 Å². The zero-order chi connectivity index (χ0) is 5.98. The maximum absolute atomic E-state index is 12.0. The predicted octanol–water partition coefficient (Wildman–Crippen LogP) is 0.0605. The third-order valence-electron chi connectivity index (χ3n) is 0.732. The van der Waals surface area contributed by atoms with Crippen LogP contribution in [0, 0.1) is 5.95 Å². The molecule has 0 bridgehead atoms. The lowest BCUT2D eigenvalue weighted by molar-refractivity contribution is 0.516. The normalized spacial score (nSPS) is 9.12. The van der Waals surface area contributed by atoms with Crippen molar-refractivity contribution in [1.29, 1.82) is 0 Å². The Balaban J connectivity index is 3.09. The second kappa shape index (κ2) is 1.73. The first-order chi connectivity index (χ1) is 3.84. The van der Waals surface area contributed by atoms with Crippen LogP contribution in [0.3, 0.4) is 0 Å². The molecule has 0 saturated carbocycles. The number of hydrogen-bond donors (Lipinski definition) is 0. The fourth-order valence-corrected chi connectivity index (χ4v) is 0.366. The van der Waals surface area contributed by atoms with Crippen molar-refractivity contribution in [1.82, 2.24) is 9.55 Å². The van der Waals surface area contributed by atoms with Gasteiger partial charge in [0.05, 0.1) is 6.20 Å². The summed E-state index contributed by atoms with van der Waals surface area (Å²) < 4.78 is 12.8. The average Bonchev–Trinajstić information content (AvgIpc) is 2.14. The molecule has 0 aliphatic carbocycles. The molecule has 0 saturated heterocycles. The molecule has 0 aliphatic heterocycles. The minimum Gasteiger partial charge on any atom is -0.278 e. The molecule has 8 heavy (non-hydrogen) atoms. The lowest BCUT2D eigenvalue weighted by Gasteiger charge is -1.81. The van der Waals surface area contributed by atoms with Gasteiger partial charge in [-0.15, -0.1) is 0 Å².